The maximum absolute atomic E-state index is 5.79. The van der Waals surface area contributed by atoms with E-state index in [1.54, 1.807) is 0 Å². The van der Waals surface area contributed by atoms with Gasteiger partial charge in [-0.1, -0.05) is 12.2 Å². The summed E-state index contributed by atoms with van der Waals surface area (Å²) in [5, 5.41) is 3.54. The van der Waals surface area contributed by atoms with Crippen molar-refractivity contribution in [3.8, 4) is 0 Å². The predicted molar refractivity (Wildman–Crippen MR) is 79.0 cm³/mol. The molecular formula is C12H17N3S2. The van der Waals surface area contributed by atoms with Gasteiger partial charge < -0.3 is 11.1 Å². The maximum atomic E-state index is 5.79. The van der Waals surface area contributed by atoms with E-state index in [2.05, 4.69) is 10.3 Å². The summed E-state index contributed by atoms with van der Waals surface area (Å²) in [5.74, 6) is 2.38. The molecule has 1 aliphatic rings. The Balaban J connectivity index is 2.32. The fraction of sp³-hybridized carbons (Fsp3) is 0.500. The first kappa shape index (κ1) is 12.6. The number of nitrogens with zero attached hydrogens (tertiary/aromatic N) is 1. The summed E-state index contributed by atoms with van der Waals surface area (Å²) in [6, 6.07) is 2.55. The third kappa shape index (κ3) is 2.90. The highest BCUT2D eigenvalue weighted by molar-refractivity contribution is 7.99. The van der Waals surface area contributed by atoms with Crippen LogP contribution in [0.2, 0.25) is 0 Å². The first-order chi connectivity index (χ1) is 8.08. The highest BCUT2D eigenvalue weighted by atomic mass is 32.2. The Bertz CT molecular complexity index is 440. The van der Waals surface area contributed by atoms with E-state index in [1.165, 1.54) is 12.2 Å². The molecule has 5 heteroatoms. The molecule has 1 fully saturated rings. The van der Waals surface area contributed by atoms with Crippen LogP contribution in [-0.2, 0) is 0 Å². The molecule has 1 atom stereocenters. The van der Waals surface area contributed by atoms with Crippen molar-refractivity contribution in [2.24, 2.45) is 5.73 Å². The molecule has 0 bridgehead atoms. The van der Waals surface area contributed by atoms with Gasteiger partial charge in [0.05, 0.1) is 5.56 Å². The molecule has 92 valence electrons. The number of thiocarbonyl (C=S) groups is 1. The van der Waals surface area contributed by atoms with Gasteiger partial charge in [-0.2, -0.15) is 11.8 Å². The van der Waals surface area contributed by atoms with Gasteiger partial charge in [0.15, 0.2) is 0 Å². The molecule has 0 aromatic carbocycles. The molecule has 1 unspecified atom stereocenters. The SMILES string of the molecule is Cc1cc(NC2CCSC2)c(C(N)=S)c(C)n1. The first-order valence-electron chi connectivity index (χ1n) is 5.70. The van der Waals surface area contributed by atoms with E-state index in [1.807, 2.05) is 31.7 Å². The number of anilines is 1. The van der Waals surface area contributed by atoms with Crippen molar-refractivity contribution < 1.29 is 0 Å². The van der Waals surface area contributed by atoms with Gasteiger partial charge in [-0.3, -0.25) is 4.98 Å². The average molecular weight is 267 g/mol. The molecule has 2 rings (SSSR count). The number of aromatic nitrogens is 1. The smallest absolute Gasteiger partial charge is 0.107 e. The van der Waals surface area contributed by atoms with Crippen LogP contribution in [0.25, 0.3) is 0 Å². The Morgan fingerprint density at radius 3 is 2.94 bits per heavy atom. The molecule has 0 amide bonds. The van der Waals surface area contributed by atoms with Gasteiger partial charge in [-0.25, -0.2) is 0 Å². The highest BCUT2D eigenvalue weighted by Gasteiger charge is 2.18. The number of rotatable bonds is 3. The van der Waals surface area contributed by atoms with Crippen LogP contribution in [0.5, 0.6) is 0 Å². The van der Waals surface area contributed by atoms with Crippen molar-refractivity contribution in [3.63, 3.8) is 0 Å². The van der Waals surface area contributed by atoms with Crippen molar-refractivity contribution in [3.05, 3.63) is 23.0 Å². The summed E-state index contributed by atoms with van der Waals surface area (Å²) >= 11 is 7.10. The van der Waals surface area contributed by atoms with E-state index < -0.39 is 0 Å². The number of pyridine rings is 1. The summed E-state index contributed by atoms with van der Waals surface area (Å²) in [6.45, 7) is 3.95. The summed E-state index contributed by atoms with van der Waals surface area (Å²) in [6.07, 6.45) is 1.20. The van der Waals surface area contributed by atoms with Crippen LogP contribution in [0, 0.1) is 13.8 Å². The summed E-state index contributed by atoms with van der Waals surface area (Å²) < 4.78 is 0. The molecule has 1 aliphatic heterocycles. The van der Waals surface area contributed by atoms with Crippen LogP contribution < -0.4 is 11.1 Å². The molecule has 2 heterocycles. The molecule has 0 spiro atoms. The number of nitrogens with one attached hydrogen (secondary N) is 1. The van der Waals surface area contributed by atoms with Crippen molar-refractivity contribution in [1.82, 2.24) is 4.98 Å². The number of nitrogens with two attached hydrogens (primary N) is 1. The topological polar surface area (TPSA) is 50.9 Å². The average Bonchev–Trinajstić information content (AvgIpc) is 2.68. The van der Waals surface area contributed by atoms with E-state index in [4.69, 9.17) is 18.0 Å². The second kappa shape index (κ2) is 5.23. The van der Waals surface area contributed by atoms with Crippen LogP contribution in [0.15, 0.2) is 6.07 Å². The quantitative estimate of drug-likeness (QED) is 0.823. The molecule has 0 aliphatic carbocycles. The second-order valence-electron chi connectivity index (χ2n) is 4.34. The van der Waals surface area contributed by atoms with Crippen LogP contribution in [0.3, 0.4) is 0 Å². The molecule has 1 aromatic rings. The van der Waals surface area contributed by atoms with E-state index in [0.29, 0.717) is 11.0 Å². The van der Waals surface area contributed by atoms with Gasteiger partial charge in [-0.15, -0.1) is 0 Å². The Hall–Kier alpha value is -0.810. The minimum atomic E-state index is 0.420. The zero-order chi connectivity index (χ0) is 12.4. The standard InChI is InChI=1S/C12H17N3S2/c1-7-5-10(15-9-3-4-17-6-9)11(12(13)16)8(2)14-7/h5,9H,3-4,6H2,1-2H3,(H2,13,16)(H,14,15). The zero-order valence-electron chi connectivity index (χ0n) is 10.1. The fourth-order valence-electron chi connectivity index (χ4n) is 2.12. The second-order valence-corrected chi connectivity index (χ2v) is 5.93. The molecule has 3 nitrogen and oxygen atoms in total. The molecule has 0 saturated carbocycles. The Morgan fingerprint density at radius 1 is 1.59 bits per heavy atom. The van der Waals surface area contributed by atoms with Gasteiger partial charge in [-0.05, 0) is 32.1 Å². The molecule has 17 heavy (non-hydrogen) atoms. The lowest BCUT2D eigenvalue weighted by Gasteiger charge is -2.18. The van der Waals surface area contributed by atoms with Crippen molar-refractivity contribution in [2.75, 3.05) is 16.8 Å². The van der Waals surface area contributed by atoms with Crippen molar-refractivity contribution in [2.45, 2.75) is 26.3 Å². The van der Waals surface area contributed by atoms with Gasteiger partial charge >= 0.3 is 0 Å². The molecule has 3 N–H and O–H groups in total. The predicted octanol–water partition coefficient (Wildman–Crippen LogP) is 2.25. The van der Waals surface area contributed by atoms with Crippen LogP contribution in [0.4, 0.5) is 5.69 Å². The molecular weight excluding hydrogens is 250 g/mol. The van der Waals surface area contributed by atoms with Crippen LogP contribution in [0.1, 0.15) is 23.4 Å². The summed E-state index contributed by atoms with van der Waals surface area (Å²) in [7, 11) is 0. The number of hydrogen-bond acceptors (Lipinski definition) is 4. The molecule has 1 saturated heterocycles. The van der Waals surface area contributed by atoms with Crippen molar-refractivity contribution >= 4 is 34.7 Å². The number of aryl methyl sites for hydroxylation is 2. The van der Waals surface area contributed by atoms with Gasteiger partial charge in [0.2, 0.25) is 0 Å². The highest BCUT2D eigenvalue weighted by Crippen LogP contribution is 2.25. The van der Waals surface area contributed by atoms with E-state index in [9.17, 15) is 0 Å². The lowest BCUT2D eigenvalue weighted by atomic mass is 10.1. The Morgan fingerprint density at radius 2 is 2.35 bits per heavy atom. The fourth-order valence-corrected chi connectivity index (χ4v) is 3.53. The van der Waals surface area contributed by atoms with E-state index in [-0.39, 0.29) is 0 Å². The first-order valence-corrected chi connectivity index (χ1v) is 7.26. The van der Waals surface area contributed by atoms with Gasteiger partial charge in [0, 0.05) is 28.9 Å². The summed E-state index contributed by atoms with van der Waals surface area (Å²) in [5.41, 5.74) is 9.62. The largest absolute Gasteiger partial charge is 0.389 e. The molecule has 1 aromatic heterocycles. The van der Waals surface area contributed by atoms with Gasteiger partial charge in [0.25, 0.3) is 0 Å². The van der Waals surface area contributed by atoms with E-state index >= 15 is 0 Å². The molecule has 0 radical (unpaired) electrons. The normalized spacial score (nSPS) is 19.3. The maximum Gasteiger partial charge on any atom is 0.107 e. The monoisotopic (exact) mass is 267 g/mol. The number of hydrogen-bond donors (Lipinski definition) is 2. The Kier molecular flexibility index (Phi) is 3.89. The minimum absolute atomic E-state index is 0.420. The van der Waals surface area contributed by atoms with E-state index in [0.717, 1.165) is 28.4 Å². The van der Waals surface area contributed by atoms with Crippen LogP contribution >= 0.6 is 24.0 Å². The third-order valence-corrected chi connectivity index (χ3v) is 4.23. The lowest BCUT2D eigenvalue weighted by molar-refractivity contribution is 0.811. The lowest BCUT2D eigenvalue weighted by Crippen LogP contribution is -2.23. The van der Waals surface area contributed by atoms with Crippen molar-refractivity contribution in [1.29, 1.82) is 0 Å². The number of thioether (sulfide) groups is 1. The zero-order valence-corrected chi connectivity index (χ0v) is 11.8. The van der Waals surface area contributed by atoms with Crippen LogP contribution in [-0.4, -0.2) is 27.5 Å². The Labute approximate surface area is 112 Å². The minimum Gasteiger partial charge on any atom is -0.389 e. The summed E-state index contributed by atoms with van der Waals surface area (Å²) in [4.78, 5) is 4.84. The third-order valence-electron chi connectivity index (χ3n) is 2.86. The van der Waals surface area contributed by atoms with Gasteiger partial charge in [0.1, 0.15) is 4.99 Å².